The first-order valence-electron chi connectivity index (χ1n) is 7.27. The molecule has 116 valence electrons. The number of nitrogens with one attached hydrogen (secondary N) is 1. The van der Waals surface area contributed by atoms with Crippen LogP contribution in [0.5, 0.6) is 11.5 Å². The number of hydrogen-bond donors (Lipinski definition) is 1. The van der Waals surface area contributed by atoms with Gasteiger partial charge in [0.2, 0.25) is 5.91 Å². The summed E-state index contributed by atoms with van der Waals surface area (Å²) < 4.78 is 10.6. The van der Waals surface area contributed by atoms with Crippen LogP contribution < -0.4 is 14.8 Å². The smallest absolute Gasteiger partial charge is 0.224 e. The maximum absolute atomic E-state index is 12.3. The van der Waals surface area contributed by atoms with Crippen LogP contribution in [-0.4, -0.2) is 20.1 Å². The van der Waals surface area contributed by atoms with E-state index < -0.39 is 6.04 Å². The Hall–Kier alpha value is -2.48. The van der Waals surface area contributed by atoms with Gasteiger partial charge in [-0.25, -0.2) is 0 Å². The number of para-hydroxylation sites is 1. The monoisotopic (exact) mass is 300 g/mol. The normalized spacial score (nSPS) is 18.1. The summed E-state index contributed by atoms with van der Waals surface area (Å²) in [6.07, 6.45) is 6.53. The molecule has 0 aliphatic heterocycles. The highest BCUT2D eigenvalue weighted by Gasteiger charge is 2.25. The molecule has 0 saturated heterocycles. The number of amides is 1. The fourth-order valence-corrected chi connectivity index (χ4v) is 2.61. The Morgan fingerprint density at radius 2 is 2.18 bits per heavy atom. The number of hydrogen-bond acceptors (Lipinski definition) is 4. The lowest BCUT2D eigenvalue weighted by atomic mass is 9.93. The van der Waals surface area contributed by atoms with E-state index in [4.69, 9.17) is 9.47 Å². The SMILES string of the molecule is COc1cccc(C(C#N)NC(=O)C2CC=CCC2)c1OC. The van der Waals surface area contributed by atoms with Gasteiger partial charge in [0, 0.05) is 11.5 Å². The van der Waals surface area contributed by atoms with E-state index in [0.29, 0.717) is 17.1 Å². The minimum absolute atomic E-state index is 0.0718. The van der Waals surface area contributed by atoms with Crippen molar-refractivity contribution in [2.24, 2.45) is 5.92 Å². The van der Waals surface area contributed by atoms with Gasteiger partial charge in [0.25, 0.3) is 0 Å². The molecule has 2 unspecified atom stereocenters. The molecular weight excluding hydrogens is 280 g/mol. The molecule has 0 saturated carbocycles. The Labute approximate surface area is 130 Å². The first-order valence-corrected chi connectivity index (χ1v) is 7.27. The third kappa shape index (κ3) is 3.40. The molecule has 0 heterocycles. The Morgan fingerprint density at radius 1 is 1.36 bits per heavy atom. The predicted octanol–water partition coefficient (Wildman–Crippen LogP) is 2.74. The summed E-state index contributed by atoms with van der Waals surface area (Å²) in [5, 5.41) is 12.2. The van der Waals surface area contributed by atoms with Gasteiger partial charge in [-0.3, -0.25) is 4.79 Å². The summed E-state index contributed by atoms with van der Waals surface area (Å²) in [6, 6.07) is 6.66. The van der Waals surface area contributed by atoms with Crippen LogP contribution >= 0.6 is 0 Å². The number of benzene rings is 1. The van der Waals surface area contributed by atoms with Crippen LogP contribution in [0.3, 0.4) is 0 Å². The highest BCUT2D eigenvalue weighted by molar-refractivity contribution is 5.80. The maximum atomic E-state index is 12.3. The van der Waals surface area contributed by atoms with Gasteiger partial charge in [0.1, 0.15) is 6.04 Å². The van der Waals surface area contributed by atoms with Crippen LogP contribution in [0.4, 0.5) is 0 Å². The fraction of sp³-hybridized carbons (Fsp3) is 0.412. The third-order valence-corrected chi connectivity index (χ3v) is 3.80. The number of ether oxygens (including phenoxy) is 2. The molecule has 1 aliphatic rings. The molecule has 0 bridgehead atoms. The largest absolute Gasteiger partial charge is 0.493 e. The lowest BCUT2D eigenvalue weighted by molar-refractivity contribution is -0.125. The molecule has 2 rings (SSSR count). The molecule has 22 heavy (non-hydrogen) atoms. The molecule has 0 fully saturated rings. The van der Waals surface area contributed by atoms with Crippen molar-refractivity contribution in [1.82, 2.24) is 5.32 Å². The van der Waals surface area contributed by atoms with Gasteiger partial charge >= 0.3 is 0 Å². The second-order valence-electron chi connectivity index (χ2n) is 5.13. The Balaban J connectivity index is 2.20. The molecule has 1 amide bonds. The summed E-state index contributed by atoms with van der Waals surface area (Å²) >= 11 is 0. The van der Waals surface area contributed by atoms with E-state index in [9.17, 15) is 10.1 Å². The standard InChI is InChI=1S/C17H20N2O3/c1-21-15-10-6-9-13(16(15)22-2)14(11-18)19-17(20)12-7-4-3-5-8-12/h3-4,6,9-10,12,14H,5,7-8H2,1-2H3,(H,19,20). The molecular formula is C17H20N2O3. The van der Waals surface area contributed by atoms with E-state index in [2.05, 4.69) is 17.5 Å². The van der Waals surface area contributed by atoms with Crippen LogP contribution in [0.1, 0.15) is 30.9 Å². The zero-order valence-corrected chi connectivity index (χ0v) is 12.8. The van der Waals surface area contributed by atoms with E-state index >= 15 is 0 Å². The number of allylic oxidation sites excluding steroid dienone is 2. The van der Waals surface area contributed by atoms with Crippen molar-refractivity contribution in [2.45, 2.75) is 25.3 Å². The molecule has 0 aromatic heterocycles. The fourth-order valence-electron chi connectivity index (χ4n) is 2.61. The van der Waals surface area contributed by atoms with E-state index in [1.807, 2.05) is 6.08 Å². The van der Waals surface area contributed by atoms with Gasteiger partial charge in [0.15, 0.2) is 11.5 Å². The van der Waals surface area contributed by atoms with Gasteiger partial charge in [-0.1, -0.05) is 24.3 Å². The summed E-state index contributed by atoms with van der Waals surface area (Å²) in [4.78, 5) is 12.3. The number of methoxy groups -OCH3 is 2. The van der Waals surface area contributed by atoms with Crippen LogP contribution in [-0.2, 0) is 4.79 Å². The lowest BCUT2D eigenvalue weighted by Crippen LogP contribution is -2.34. The van der Waals surface area contributed by atoms with E-state index in [1.54, 1.807) is 18.2 Å². The molecule has 5 nitrogen and oxygen atoms in total. The summed E-state index contributed by atoms with van der Waals surface area (Å²) in [6.45, 7) is 0. The first-order chi connectivity index (χ1) is 10.7. The van der Waals surface area contributed by atoms with Crippen molar-refractivity contribution in [3.05, 3.63) is 35.9 Å². The van der Waals surface area contributed by atoms with Crippen molar-refractivity contribution in [2.75, 3.05) is 14.2 Å². The van der Waals surface area contributed by atoms with Crippen molar-refractivity contribution >= 4 is 5.91 Å². The van der Waals surface area contributed by atoms with Crippen LogP contribution in [0.25, 0.3) is 0 Å². The third-order valence-electron chi connectivity index (χ3n) is 3.80. The molecule has 0 radical (unpaired) electrons. The zero-order chi connectivity index (χ0) is 15.9. The molecule has 1 aliphatic carbocycles. The van der Waals surface area contributed by atoms with Crippen molar-refractivity contribution in [3.8, 4) is 17.6 Å². The number of rotatable bonds is 5. The first kappa shape index (κ1) is 15.9. The van der Waals surface area contributed by atoms with Crippen molar-refractivity contribution in [3.63, 3.8) is 0 Å². The maximum Gasteiger partial charge on any atom is 0.224 e. The van der Waals surface area contributed by atoms with E-state index in [1.165, 1.54) is 14.2 Å². The number of carbonyl (C=O) groups is 1. The van der Waals surface area contributed by atoms with Gasteiger partial charge in [-0.2, -0.15) is 5.26 Å². The summed E-state index contributed by atoms with van der Waals surface area (Å²) in [5.41, 5.74) is 0.601. The van der Waals surface area contributed by atoms with Crippen LogP contribution in [0.15, 0.2) is 30.4 Å². The summed E-state index contributed by atoms with van der Waals surface area (Å²) in [7, 11) is 3.06. The average Bonchev–Trinajstić information content (AvgIpc) is 2.59. The minimum Gasteiger partial charge on any atom is -0.493 e. The Bertz CT molecular complexity index is 604. The van der Waals surface area contributed by atoms with Gasteiger partial charge < -0.3 is 14.8 Å². The summed E-state index contributed by atoms with van der Waals surface area (Å²) in [5.74, 6) is 0.841. The number of nitrogens with zero attached hydrogens (tertiary/aromatic N) is 1. The second-order valence-corrected chi connectivity index (χ2v) is 5.13. The highest BCUT2D eigenvalue weighted by Crippen LogP contribution is 2.34. The molecule has 1 N–H and O–H groups in total. The number of carbonyl (C=O) groups excluding carboxylic acids is 1. The van der Waals surface area contributed by atoms with Crippen LogP contribution in [0.2, 0.25) is 0 Å². The molecule has 0 spiro atoms. The van der Waals surface area contributed by atoms with Crippen LogP contribution in [0, 0.1) is 17.2 Å². The predicted molar refractivity (Wildman–Crippen MR) is 82.5 cm³/mol. The minimum atomic E-state index is -0.761. The van der Waals surface area contributed by atoms with E-state index in [0.717, 1.165) is 19.3 Å². The highest BCUT2D eigenvalue weighted by atomic mass is 16.5. The Kier molecular flexibility index (Phi) is 5.42. The van der Waals surface area contributed by atoms with E-state index in [-0.39, 0.29) is 11.8 Å². The van der Waals surface area contributed by atoms with Gasteiger partial charge in [0.05, 0.1) is 20.3 Å². The average molecular weight is 300 g/mol. The molecule has 1 aromatic carbocycles. The Morgan fingerprint density at radius 3 is 2.77 bits per heavy atom. The lowest BCUT2D eigenvalue weighted by Gasteiger charge is -2.21. The molecule has 1 aromatic rings. The second kappa shape index (κ2) is 7.51. The topological polar surface area (TPSA) is 71.3 Å². The van der Waals surface area contributed by atoms with Gasteiger partial charge in [-0.05, 0) is 25.3 Å². The van der Waals surface area contributed by atoms with Crippen molar-refractivity contribution < 1.29 is 14.3 Å². The van der Waals surface area contributed by atoms with Gasteiger partial charge in [-0.15, -0.1) is 0 Å². The number of nitriles is 1. The molecule has 5 heteroatoms. The zero-order valence-electron chi connectivity index (χ0n) is 12.8. The molecule has 2 atom stereocenters. The van der Waals surface area contributed by atoms with Crippen molar-refractivity contribution in [1.29, 1.82) is 5.26 Å². The quantitative estimate of drug-likeness (QED) is 0.849.